The highest BCUT2D eigenvalue weighted by Gasteiger charge is 2.04. The number of halogens is 2. The molecule has 0 aliphatic rings. The molecular weight excluding hydrogens is 292 g/mol. The van der Waals surface area contributed by atoms with Crippen LogP contribution in [0.15, 0.2) is 36.4 Å². The number of anilines is 2. The molecule has 3 rings (SSSR count). The van der Waals surface area contributed by atoms with Crippen LogP contribution in [0.5, 0.6) is 0 Å². The Morgan fingerprint density at radius 2 is 1.86 bits per heavy atom. The smallest absolute Gasteiger partial charge is 0.183 e. The van der Waals surface area contributed by atoms with Crippen molar-refractivity contribution in [3.8, 4) is 0 Å². The van der Waals surface area contributed by atoms with Crippen molar-refractivity contribution in [1.82, 2.24) is 4.98 Å². The molecule has 0 unspecified atom stereocenters. The third-order valence-corrected chi connectivity index (χ3v) is 4.00. The summed E-state index contributed by atoms with van der Waals surface area (Å²) in [5.41, 5.74) is 7.93. The van der Waals surface area contributed by atoms with Crippen molar-refractivity contribution >= 4 is 32.4 Å². The van der Waals surface area contributed by atoms with Gasteiger partial charge in [-0.3, -0.25) is 0 Å². The summed E-state index contributed by atoms with van der Waals surface area (Å²) in [4.78, 5) is 4.42. The van der Waals surface area contributed by atoms with Crippen LogP contribution < -0.4 is 11.1 Å². The van der Waals surface area contributed by atoms with Gasteiger partial charge >= 0.3 is 0 Å². The zero-order chi connectivity index (χ0) is 14.8. The molecule has 0 fully saturated rings. The van der Waals surface area contributed by atoms with Gasteiger partial charge < -0.3 is 11.1 Å². The van der Waals surface area contributed by atoms with Crippen molar-refractivity contribution in [3.63, 3.8) is 0 Å². The highest BCUT2D eigenvalue weighted by atomic mass is 32.1. The quantitative estimate of drug-likeness (QED) is 0.721. The number of nitrogens with zero attached hydrogens (tertiary/aromatic N) is 1. The fourth-order valence-electron chi connectivity index (χ4n) is 2.09. The highest BCUT2D eigenvalue weighted by Crippen LogP contribution is 2.27. The van der Waals surface area contributed by atoms with Gasteiger partial charge in [0.15, 0.2) is 5.13 Å². The van der Waals surface area contributed by atoms with Gasteiger partial charge in [0.1, 0.15) is 11.6 Å². The largest absolute Gasteiger partial charge is 0.399 e. The van der Waals surface area contributed by atoms with Gasteiger partial charge in [0.25, 0.3) is 0 Å². The number of hydrogen-bond donors (Lipinski definition) is 2. The fourth-order valence-corrected chi connectivity index (χ4v) is 3.03. The summed E-state index contributed by atoms with van der Waals surface area (Å²) in [6.45, 7) is 0.554. The molecule has 0 amide bonds. The molecule has 1 aromatic heterocycles. The Kier molecular flexibility index (Phi) is 3.70. The van der Waals surface area contributed by atoms with E-state index < -0.39 is 11.6 Å². The second-order valence-corrected chi connectivity index (χ2v) is 5.73. The van der Waals surface area contributed by atoms with Gasteiger partial charge in [0.05, 0.1) is 10.2 Å². The van der Waals surface area contributed by atoms with Crippen LogP contribution in [0.2, 0.25) is 0 Å². The monoisotopic (exact) mass is 305 g/mol. The topological polar surface area (TPSA) is 50.9 Å². The number of nitrogens with two attached hydrogens (primary N) is 1. The number of rotatable bonds is 4. The van der Waals surface area contributed by atoms with Crippen LogP contribution in [0, 0.1) is 11.6 Å². The average Bonchev–Trinajstić information content (AvgIpc) is 2.79. The van der Waals surface area contributed by atoms with E-state index in [1.54, 1.807) is 6.07 Å². The lowest BCUT2D eigenvalue weighted by Crippen LogP contribution is -2.05. The van der Waals surface area contributed by atoms with E-state index in [-0.39, 0.29) is 0 Å². The van der Waals surface area contributed by atoms with Crippen LogP contribution in [0.25, 0.3) is 10.2 Å². The zero-order valence-corrected chi connectivity index (χ0v) is 11.9. The molecule has 0 saturated heterocycles. The van der Waals surface area contributed by atoms with E-state index in [0.29, 0.717) is 24.2 Å². The van der Waals surface area contributed by atoms with E-state index in [1.807, 2.05) is 12.1 Å². The normalized spacial score (nSPS) is 11.0. The third kappa shape index (κ3) is 3.28. The molecule has 3 N–H and O–H groups in total. The summed E-state index contributed by atoms with van der Waals surface area (Å²) in [5.74, 6) is -1.11. The van der Waals surface area contributed by atoms with E-state index >= 15 is 0 Å². The standard InChI is InChI=1S/C15H13F2N3S/c16-10-5-9(6-11(17)7-10)3-4-19-15-20-13-2-1-12(18)8-14(13)21-15/h1-2,5-8H,3-4,18H2,(H,19,20). The van der Waals surface area contributed by atoms with Gasteiger partial charge in [-0.25, -0.2) is 13.8 Å². The Labute approximate surface area is 124 Å². The number of hydrogen-bond acceptors (Lipinski definition) is 4. The maximum absolute atomic E-state index is 13.1. The van der Waals surface area contributed by atoms with E-state index in [4.69, 9.17) is 5.73 Å². The molecule has 21 heavy (non-hydrogen) atoms. The molecule has 3 nitrogen and oxygen atoms in total. The maximum atomic E-state index is 13.1. The Morgan fingerprint density at radius 3 is 2.62 bits per heavy atom. The first-order chi connectivity index (χ1) is 10.1. The molecule has 3 aromatic rings. The van der Waals surface area contributed by atoms with Crippen LogP contribution in [0.1, 0.15) is 5.56 Å². The predicted molar refractivity (Wildman–Crippen MR) is 82.6 cm³/mol. The predicted octanol–water partition coefficient (Wildman–Crippen LogP) is 3.81. The van der Waals surface area contributed by atoms with Gasteiger partial charge in [-0.1, -0.05) is 11.3 Å². The molecule has 2 aromatic carbocycles. The molecule has 0 aliphatic carbocycles. The molecule has 6 heteroatoms. The van der Waals surface area contributed by atoms with Gasteiger partial charge in [0, 0.05) is 18.3 Å². The van der Waals surface area contributed by atoms with Gasteiger partial charge in [-0.15, -0.1) is 0 Å². The van der Waals surface area contributed by atoms with Crippen molar-refractivity contribution in [2.45, 2.75) is 6.42 Å². The number of thiazole rings is 1. The van der Waals surface area contributed by atoms with Crippen molar-refractivity contribution in [2.24, 2.45) is 0 Å². The first-order valence-electron chi connectivity index (χ1n) is 6.45. The lowest BCUT2D eigenvalue weighted by molar-refractivity contribution is 0.580. The van der Waals surface area contributed by atoms with Gasteiger partial charge in [-0.05, 0) is 42.3 Å². The van der Waals surface area contributed by atoms with Gasteiger partial charge in [-0.2, -0.15) is 0 Å². The van der Waals surface area contributed by atoms with Crippen molar-refractivity contribution in [3.05, 3.63) is 53.6 Å². The molecule has 0 saturated carbocycles. The number of aromatic nitrogens is 1. The molecular formula is C15H13F2N3S. The number of nitrogens with one attached hydrogen (secondary N) is 1. The lowest BCUT2D eigenvalue weighted by Gasteiger charge is -2.03. The second kappa shape index (κ2) is 5.65. The second-order valence-electron chi connectivity index (χ2n) is 4.70. The van der Waals surface area contributed by atoms with Crippen LogP contribution in [0.3, 0.4) is 0 Å². The van der Waals surface area contributed by atoms with E-state index in [1.165, 1.54) is 23.5 Å². The SMILES string of the molecule is Nc1ccc2nc(NCCc3cc(F)cc(F)c3)sc2c1. The first-order valence-corrected chi connectivity index (χ1v) is 7.27. The summed E-state index contributed by atoms with van der Waals surface area (Å²) in [5, 5.41) is 3.93. The maximum Gasteiger partial charge on any atom is 0.183 e. The molecule has 0 aliphatic heterocycles. The average molecular weight is 305 g/mol. The fraction of sp³-hybridized carbons (Fsp3) is 0.133. The van der Waals surface area contributed by atoms with E-state index in [2.05, 4.69) is 10.3 Å². The summed E-state index contributed by atoms with van der Waals surface area (Å²) in [6, 6.07) is 9.10. The van der Waals surface area contributed by atoms with E-state index in [0.717, 1.165) is 21.4 Å². The Hall–Kier alpha value is -2.21. The van der Waals surface area contributed by atoms with Crippen LogP contribution in [-0.4, -0.2) is 11.5 Å². The minimum atomic E-state index is -0.555. The van der Waals surface area contributed by atoms with Crippen molar-refractivity contribution < 1.29 is 8.78 Å². The summed E-state index contributed by atoms with van der Waals surface area (Å²) in [7, 11) is 0. The zero-order valence-electron chi connectivity index (χ0n) is 11.1. The number of benzene rings is 2. The molecule has 0 bridgehead atoms. The number of nitrogen functional groups attached to an aromatic ring is 1. The number of fused-ring (bicyclic) bond motifs is 1. The molecule has 0 atom stereocenters. The summed E-state index contributed by atoms with van der Waals surface area (Å²) >= 11 is 1.50. The first kappa shape index (κ1) is 13.8. The van der Waals surface area contributed by atoms with Crippen LogP contribution >= 0.6 is 11.3 Å². The highest BCUT2D eigenvalue weighted by molar-refractivity contribution is 7.22. The molecule has 1 heterocycles. The minimum absolute atomic E-state index is 0.521. The minimum Gasteiger partial charge on any atom is -0.399 e. The van der Waals surface area contributed by atoms with Crippen molar-refractivity contribution in [2.75, 3.05) is 17.6 Å². The molecule has 108 valence electrons. The van der Waals surface area contributed by atoms with Crippen molar-refractivity contribution in [1.29, 1.82) is 0 Å². The summed E-state index contributed by atoms with van der Waals surface area (Å²) < 4.78 is 27.2. The van der Waals surface area contributed by atoms with Crippen LogP contribution in [0.4, 0.5) is 19.6 Å². The Balaban J connectivity index is 1.66. The summed E-state index contributed by atoms with van der Waals surface area (Å²) in [6.07, 6.45) is 0.521. The third-order valence-electron chi connectivity index (χ3n) is 3.02. The lowest BCUT2D eigenvalue weighted by atomic mass is 10.1. The van der Waals surface area contributed by atoms with Gasteiger partial charge in [0.2, 0.25) is 0 Å². The Morgan fingerprint density at radius 1 is 1.10 bits per heavy atom. The molecule has 0 radical (unpaired) electrons. The van der Waals surface area contributed by atoms with E-state index in [9.17, 15) is 8.78 Å². The Bertz CT molecular complexity index is 765. The van der Waals surface area contributed by atoms with Crippen LogP contribution in [-0.2, 0) is 6.42 Å². The molecule has 0 spiro atoms.